The van der Waals surface area contributed by atoms with Gasteiger partial charge < -0.3 is 15.4 Å². The third-order valence-electron chi connectivity index (χ3n) is 2.57. The second-order valence-electron chi connectivity index (χ2n) is 4.34. The number of anilines is 1. The number of alkyl halides is 2. The van der Waals surface area contributed by atoms with Crippen molar-refractivity contribution in [2.45, 2.75) is 19.8 Å². The molecule has 2 N–H and O–H groups in total. The summed E-state index contributed by atoms with van der Waals surface area (Å²) in [5.41, 5.74) is 1.11. The van der Waals surface area contributed by atoms with Crippen LogP contribution in [0.1, 0.15) is 23.7 Å². The first-order chi connectivity index (χ1) is 10.0. The summed E-state index contributed by atoms with van der Waals surface area (Å²) in [7, 11) is 0. The molecule has 0 unspecified atom stereocenters. The van der Waals surface area contributed by atoms with Crippen LogP contribution in [0, 0.1) is 0 Å². The van der Waals surface area contributed by atoms with Crippen molar-refractivity contribution in [3.8, 4) is 0 Å². The van der Waals surface area contributed by atoms with Gasteiger partial charge in [0, 0.05) is 23.8 Å². The van der Waals surface area contributed by atoms with E-state index in [4.69, 9.17) is 16.3 Å². The number of ether oxygens (including phenoxy) is 1. The first kappa shape index (κ1) is 17.7. The largest absolute Gasteiger partial charge is 0.384 e. The summed E-state index contributed by atoms with van der Waals surface area (Å²) in [6, 6.07) is 5.00. The lowest BCUT2D eigenvalue weighted by molar-refractivity contribution is 0.0188. The van der Waals surface area contributed by atoms with Gasteiger partial charge in [-0.3, -0.25) is 4.79 Å². The van der Waals surface area contributed by atoms with E-state index >= 15 is 0 Å². The summed E-state index contributed by atoms with van der Waals surface area (Å²) >= 11 is 5.90. The third kappa shape index (κ3) is 6.73. The van der Waals surface area contributed by atoms with Crippen LogP contribution >= 0.6 is 11.6 Å². The van der Waals surface area contributed by atoms with Crippen molar-refractivity contribution in [1.29, 1.82) is 0 Å². The van der Waals surface area contributed by atoms with Gasteiger partial charge in [0.15, 0.2) is 0 Å². The van der Waals surface area contributed by atoms with Gasteiger partial charge in [0.25, 0.3) is 12.3 Å². The molecule has 0 aromatic heterocycles. The van der Waals surface area contributed by atoms with E-state index in [2.05, 4.69) is 10.6 Å². The van der Waals surface area contributed by atoms with Crippen LogP contribution in [0.15, 0.2) is 18.2 Å². The Balaban J connectivity index is 2.53. The number of carbonyl (C=O) groups is 1. The Hall–Kier alpha value is -1.40. The fourth-order valence-corrected chi connectivity index (χ4v) is 1.79. The molecule has 0 heterocycles. The van der Waals surface area contributed by atoms with Crippen molar-refractivity contribution >= 4 is 23.2 Å². The SMILES string of the molecule is CCCNc1ccc(Cl)cc1C(=O)NCCOCC(F)F. The summed E-state index contributed by atoms with van der Waals surface area (Å²) in [6.07, 6.45) is -1.58. The summed E-state index contributed by atoms with van der Waals surface area (Å²) < 4.78 is 28.4. The molecule has 1 amide bonds. The fourth-order valence-electron chi connectivity index (χ4n) is 1.62. The summed E-state index contributed by atoms with van der Waals surface area (Å²) in [4.78, 5) is 12.1. The zero-order valence-corrected chi connectivity index (χ0v) is 12.6. The van der Waals surface area contributed by atoms with E-state index in [9.17, 15) is 13.6 Å². The van der Waals surface area contributed by atoms with Crippen molar-refractivity contribution < 1.29 is 18.3 Å². The number of halogens is 3. The molecule has 118 valence electrons. The minimum absolute atomic E-state index is 0.0361. The van der Waals surface area contributed by atoms with Gasteiger partial charge in [-0.25, -0.2) is 8.78 Å². The average molecular weight is 321 g/mol. The van der Waals surface area contributed by atoms with Crippen LogP contribution < -0.4 is 10.6 Å². The Morgan fingerprint density at radius 2 is 2.14 bits per heavy atom. The van der Waals surface area contributed by atoms with E-state index in [1.54, 1.807) is 18.2 Å². The first-order valence-electron chi connectivity index (χ1n) is 6.72. The van der Waals surface area contributed by atoms with E-state index in [0.717, 1.165) is 13.0 Å². The van der Waals surface area contributed by atoms with Crippen molar-refractivity contribution in [3.63, 3.8) is 0 Å². The van der Waals surface area contributed by atoms with Gasteiger partial charge in [0.1, 0.15) is 6.61 Å². The molecule has 0 spiro atoms. The monoisotopic (exact) mass is 320 g/mol. The molecular weight excluding hydrogens is 302 g/mol. The summed E-state index contributed by atoms with van der Waals surface area (Å²) in [5, 5.41) is 6.20. The molecule has 0 aliphatic rings. The molecule has 0 atom stereocenters. The van der Waals surface area contributed by atoms with Crippen LogP contribution in [-0.4, -0.2) is 38.6 Å². The topological polar surface area (TPSA) is 50.4 Å². The maximum absolute atomic E-state index is 12.1. The minimum Gasteiger partial charge on any atom is -0.384 e. The second kappa shape index (κ2) is 9.52. The van der Waals surface area contributed by atoms with E-state index in [-0.39, 0.29) is 19.1 Å². The molecule has 0 saturated heterocycles. The summed E-state index contributed by atoms with van der Waals surface area (Å²) in [6.45, 7) is 2.32. The smallest absolute Gasteiger partial charge is 0.261 e. The van der Waals surface area contributed by atoms with Gasteiger partial charge in [0.05, 0.1) is 12.2 Å². The van der Waals surface area contributed by atoms with E-state index in [1.807, 2.05) is 6.92 Å². The number of nitrogens with one attached hydrogen (secondary N) is 2. The van der Waals surface area contributed by atoms with Crippen LogP contribution in [0.3, 0.4) is 0 Å². The number of hydrogen-bond acceptors (Lipinski definition) is 3. The number of rotatable bonds is 9. The normalized spacial score (nSPS) is 10.7. The summed E-state index contributed by atoms with van der Waals surface area (Å²) in [5.74, 6) is -0.322. The lowest BCUT2D eigenvalue weighted by Crippen LogP contribution is -2.28. The maximum Gasteiger partial charge on any atom is 0.261 e. The van der Waals surface area contributed by atoms with Gasteiger partial charge in [-0.05, 0) is 24.6 Å². The molecule has 0 aliphatic heterocycles. The maximum atomic E-state index is 12.1. The zero-order chi connectivity index (χ0) is 15.7. The molecule has 1 aromatic rings. The molecule has 1 aromatic carbocycles. The number of benzene rings is 1. The van der Waals surface area contributed by atoms with E-state index in [1.165, 1.54) is 0 Å². The third-order valence-corrected chi connectivity index (χ3v) is 2.80. The van der Waals surface area contributed by atoms with Crippen LogP contribution in [0.4, 0.5) is 14.5 Å². The highest BCUT2D eigenvalue weighted by Crippen LogP contribution is 2.20. The predicted octanol–water partition coefficient (Wildman–Crippen LogP) is 3.17. The lowest BCUT2D eigenvalue weighted by Gasteiger charge is -2.12. The van der Waals surface area contributed by atoms with Crippen molar-refractivity contribution in [2.24, 2.45) is 0 Å². The standard InChI is InChI=1S/C14H19ClF2N2O2/c1-2-5-18-12-4-3-10(15)8-11(12)14(20)19-6-7-21-9-13(16)17/h3-4,8,13,18H,2,5-7,9H2,1H3,(H,19,20). The highest BCUT2D eigenvalue weighted by molar-refractivity contribution is 6.31. The lowest BCUT2D eigenvalue weighted by atomic mass is 10.1. The molecule has 0 bridgehead atoms. The predicted molar refractivity (Wildman–Crippen MR) is 79.4 cm³/mol. The van der Waals surface area contributed by atoms with Crippen LogP contribution in [-0.2, 0) is 4.74 Å². The molecule has 4 nitrogen and oxygen atoms in total. The first-order valence-corrected chi connectivity index (χ1v) is 7.10. The van der Waals surface area contributed by atoms with E-state index in [0.29, 0.717) is 16.3 Å². The molecule has 1 rings (SSSR count). The van der Waals surface area contributed by atoms with Gasteiger partial charge in [-0.15, -0.1) is 0 Å². The van der Waals surface area contributed by atoms with E-state index < -0.39 is 13.0 Å². The molecule has 21 heavy (non-hydrogen) atoms. The second-order valence-corrected chi connectivity index (χ2v) is 4.78. The molecule has 7 heteroatoms. The number of carbonyl (C=O) groups excluding carboxylic acids is 1. The zero-order valence-electron chi connectivity index (χ0n) is 11.8. The Bertz CT molecular complexity index is 459. The number of hydrogen-bond donors (Lipinski definition) is 2. The van der Waals surface area contributed by atoms with Gasteiger partial charge >= 0.3 is 0 Å². The van der Waals surface area contributed by atoms with Crippen molar-refractivity contribution in [2.75, 3.05) is 31.6 Å². The van der Waals surface area contributed by atoms with Crippen molar-refractivity contribution in [3.05, 3.63) is 28.8 Å². The number of amides is 1. The van der Waals surface area contributed by atoms with Crippen LogP contribution in [0.2, 0.25) is 5.02 Å². The Labute approximate surface area is 127 Å². The van der Waals surface area contributed by atoms with Crippen LogP contribution in [0.25, 0.3) is 0 Å². The van der Waals surface area contributed by atoms with Gasteiger partial charge in [-0.2, -0.15) is 0 Å². The molecular formula is C14H19ClF2N2O2. The van der Waals surface area contributed by atoms with Gasteiger partial charge in [0.2, 0.25) is 0 Å². The van der Waals surface area contributed by atoms with Gasteiger partial charge in [-0.1, -0.05) is 18.5 Å². The average Bonchev–Trinajstić information content (AvgIpc) is 2.45. The Kier molecular flexibility index (Phi) is 8.00. The molecule has 0 saturated carbocycles. The Morgan fingerprint density at radius 1 is 1.38 bits per heavy atom. The quantitative estimate of drug-likeness (QED) is 0.687. The van der Waals surface area contributed by atoms with Crippen molar-refractivity contribution in [1.82, 2.24) is 5.32 Å². The van der Waals surface area contributed by atoms with Crippen LogP contribution in [0.5, 0.6) is 0 Å². The molecule has 0 radical (unpaired) electrons. The molecule has 0 aliphatic carbocycles. The fraction of sp³-hybridized carbons (Fsp3) is 0.500. The minimum atomic E-state index is -2.50. The molecule has 0 fully saturated rings. The highest BCUT2D eigenvalue weighted by atomic mass is 35.5. The Morgan fingerprint density at radius 3 is 2.81 bits per heavy atom. The highest BCUT2D eigenvalue weighted by Gasteiger charge is 2.11.